The Bertz CT molecular complexity index is 392. The van der Waals surface area contributed by atoms with Gasteiger partial charge in [-0.15, -0.1) is 6.42 Å². The lowest BCUT2D eigenvalue weighted by Gasteiger charge is -2.26. The molecule has 0 atom stereocenters. The number of hydrogen-bond acceptors (Lipinski definition) is 5. The van der Waals surface area contributed by atoms with Gasteiger partial charge in [-0.1, -0.05) is 5.92 Å². The summed E-state index contributed by atoms with van der Waals surface area (Å²) in [5.41, 5.74) is 0.703. The zero-order valence-corrected chi connectivity index (χ0v) is 10.4. The third-order valence-electron chi connectivity index (χ3n) is 2.86. The van der Waals surface area contributed by atoms with Crippen LogP contribution in [0.15, 0.2) is 12.4 Å². The molecule has 5 heteroatoms. The second kappa shape index (κ2) is 6.94. The Hall–Kier alpha value is -1.64. The van der Waals surface area contributed by atoms with Gasteiger partial charge in [0.2, 0.25) is 5.95 Å². The van der Waals surface area contributed by atoms with Crippen molar-refractivity contribution in [2.75, 3.05) is 44.7 Å². The topological polar surface area (TPSA) is 50.3 Å². The van der Waals surface area contributed by atoms with E-state index in [4.69, 9.17) is 11.2 Å². The van der Waals surface area contributed by atoms with Crippen LogP contribution in [0.2, 0.25) is 0 Å². The van der Waals surface area contributed by atoms with Gasteiger partial charge in [-0.25, -0.2) is 9.97 Å². The fraction of sp³-hybridized carbons (Fsp3) is 0.538. The molecule has 0 bridgehead atoms. The van der Waals surface area contributed by atoms with Gasteiger partial charge >= 0.3 is 0 Å². The second-order valence-corrected chi connectivity index (χ2v) is 4.17. The van der Waals surface area contributed by atoms with E-state index in [-0.39, 0.29) is 0 Å². The first-order valence-electron chi connectivity index (χ1n) is 6.21. The normalized spacial score (nSPS) is 16.2. The predicted molar refractivity (Wildman–Crippen MR) is 70.3 cm³/mol. The van der Waals surface area contributed by atoms with Crippen molar-refractivity contribution in [3.8, 4) is 12.3 Å². The van der Waals surface area contributed by atoms with E-state index < -0.39 is 0 Å². The van der Waals surface area contributed by atoms with Gasteiger partial charge in [-0.2, -0.15) is 0 Å². The largest absolute Gasteiger partial charge is 0.379 e. The third-order valence-corrected chi connectivity index (χ3v) is 2.86. The van der Waals surface area contributed by atoms with Gasteiger partial charge < -0.3 is 10.1 Å². The Morgan fingerprint density at radius 2 is 2.06 bits per heavy atom. The molecule has 18 heavy (non-hydrogen) atoms. The Morgan fingerprint density at radius 1 is 1.33 bits per heavy atom. The van der Waals surface area contributed by atoms with Gasteiger partial charge in [0.1, 0.15) is 0 Å². The van der Waals surface area contributed by atoms with E-state index in [1.807, 2.05) is 0 Å². The lowest BCUT2D eigenvalue weighted by molar-refractivity contribution is 0.0378. The minimum Gasteiger partial charge on any atom is -0.379 e. The van der Waals surface area contributed by atoms with Crippen LogP contribution < -0.4 is 5.32 Å². The smallest absolute Gasteiger partial charge is 0.222 e. The second-order valence-electron chi connectivity index (χ2n) is 4.17. The summed E-state index contributed by atoms with van der Waals surface area (Å²) in [6.07, 6.45) is 9.61. The quantitative estimate of drug-likeness (QED) is 0.609. The van der Waals surface area contributed by atoms with Gasteiger partial charge in [0.05, 0.1) is 18.8 Å². The van der Waals surface area contributed by atoms with Gasteiger partial charge in [-0.05, 0) is 13.0 Å². The molecule has 0 amide bonds. The highest BCUT2D eigenvalue weighted by atomic mass is 16.5. The van der Waals surface area contributed by atoms with Crippen LogP contribution in [0.3, 0.4) is 0 Å². The molecule has 2 rings (SSSR count). The highest BCUT2D eigenvalue weighted by Gasteiger charge is 2.08. The summed E-state index contributed by atoms with van der Waals surface area (Å²) in [7, 11) is 0. The standard InChI is InChI=1S/C13H18N4O/c1-2-12-10-15-13(16-11-12)14-4-3-5-17-6-8-18-9-7-17/h1,10-11H,3-9H2,(H,14,15,16). The summed E-state index contributed by atoms with van der Waals surface area (Å²) in [6, 6.07) is 0. The number of morpholine rings is 1. The maximum Gasteiger partial charge on any atom is 0.222 e. The Kier molecular flexibility index (Phi) is 4.94. The summed E-state index contributed by atoms with van der Waals surface area (Å²) >= 11 is 0. The van der Waals surface area contributed by atoms with Crippen molar-refractivity contribution in [3.63, 3.8) is 0 Å². The first-order valence-corrected chi connectivity index (χ1v) is 6.21. The van der Waals surface area contributed by atoms with Crippen molar-refractivity contribution in [2.45, 2.75) is 6.42 Å². The van der Waals surface area contributed by atoms with E-state index in [1.165, 1.54) is 0 Å². The number of terminal acetylenes is 1. The van der Waals surface area contributed by atoms with E-state index in [1.54, 1.807) is 12.4 Å². The Labute approximate surface area is 108 Å². The molecule has 1 aliphatic heterocycles. The van der Waals surface area contributed by atoms with Crippen LogP contribution in [-0.4, -0.2) is 54.3 Å². The first kappa shape index (κ1) is 12.8. The molecule has 1 saturated heterocycles. The summed E-state index contributed by atoms with van der Waals surface area (Å²) in [4.78, 5) is 10.7. The summed E-state index contributed by atoms with van der Waals surface area (Å²) in [6.45, 7) is 5.72. The van der Waals surface area contributed by atoms with Gasteiger partial charge in [0.15, 0.2) is 0 Å². The highest BCUT2D eigenvalue weighted by molar-refractivity contribution is 5.31. The molecule has 2 heterocycles. The van der Waals surface area contributed by atoms with Crippen LogP contribution in [0, 0.1) is 12.3 Å². The summed E-state index contributed by atoms with van der Waals surface area (Å²) in [5, 5.41) is 3.19. The van der Waals surface area contributed by atoms with E-state index in [0.29, 0.717) is 11.5 Å². The molecule has 0 aliphatic carbocycles. The van der Waals surface area contributed by atoms with Crippen molar-refractivity contribution in [1.82, 2.24) is 14.9 Å². The molecule has 1 N–H and O–H groups in total. The molecule has 0 saturated carbocycles. The van der Waals surface area contributed by atoms with E-state index in [2.05, 4.69) is 26.1 Å². The third kappa shape index (κ3) is 3.99. The van der Waals surface area contributed by atoms with Crippen LogP contribution in [0.5, 0.6) is 0 Å². The molecule has 96 valence electrons. The van der Waals surface area contributed by atoms with Crippen molar-refractivity contribution < 1.29 is 4.74 Å². The van der Waals surface area contributed by atoms with Crippen molar-refractivity contribution >= 4 is 5.95 Å². The molecule has 1 aromatic rings. The maximum absolute atomic E-state index is 5.30. The van der Waals surface area contributed by atoms with E-state index in [9.17, 15) is 0 Å². The molecular formula is C13H18N4O. The molecule has 1 aliphatic rings. The minimum absolute atomic E-state index is 0.635. The van der Waals surface area contributed by atoms with Crippen molar-refractivity contribution in [2.24, 2.45) is 0 Å². The van der Waals surface area contributed by atoms with Crippen molar-refractivity contribution in [3.05, 3.63) is 18.0 Å². The average Bonchev–Trinajstić information content (AvgIpc) is 2.45. The van der Waals surface area contributed by atoms with Crippen LogP contribution in [0.25, 0.3) is 0 Å². The Balaban J connectivity index is 1.63. The zero-order chi connectivity index (χ0) is 12.6. The monoisotopic (exact) mass is 246 g/mol. The number of rotatable bonds is 5. The number of hydrogen-bond donors (Lipinski definition) is 1. The molecule has 1 aromatic heterocycles. The number of aromatic nitrogens is 2. The zero-order valence-electron chi connectivity index (χ0n) is 10.4. The number of ether oxygens (including phenoxy) is 1. The predicted octanol–water partition coefficient (Wildman–Crippen LogP) is 0.592. The van der Waals surface area contributed by atoms with Crippen LogP contribution >= 0.6 is 0 Å². The van der Waals surface area contributed by atoms with Crippen LogP contribution in [-0.2, 0) is 4.74 Å². The molecule has 1 fully saturated rings. The summed E-state index contributed by atoms with van der Waals surface area (Å²) in [5.74, 6) is 3.13. The number of anilines is 1. The summed E-state index contributed by atoms with van der Waals surface area (Å²) < 4.78 is 5.30. The lowest BCUT2D eigenvalue weighted by atomic mass is 10.3. The average molecular weight is 246 g/mol. The van der Waals surface area contributed by atoms with E-state index in [0.717, 1.165) is 45.8 Å². The molecule has 0 spiro atoms. The SMILES string of the molecule is C#Cc1cnc(NCCCN2CCOCC2)nc1. The van der Waals surface area contributed by atoms with Gasteiger partial charge in [0.25, 0.3) is 0 Å². The number of nitrogens with zero attached hydrogens (tertiary/aromatic N) is 3. The highest BCUT2D eigenvalue weighted by Crippen LogP contribution is 2.01. The van der Waals surface area contributed by atoms with Crippen LogP contribution in [0.4, 0.5) is 5.95 Å². The molecule has 0 radical (unpaired) electrons. The van der Waals surface area contributed by atoms with Gasteiger partial charge in [0, 0.05) is 32.0 Å². The van der Waals surface area contributed by atoms with Crippen molar-refractivity contribution in [1.29, 1.82) is 0 Å². The maximum atomic E-state index is 5.30. The molecular weight excluding hydrogens is 228 g/mol. The van der Waals surface area contributed by atoms with Gasteiger partial charge in [-0.3, -0.25) is 4.90 Å². The molecule has 0 unspecified atom stereocenters. The fourth-order valence-electron chi connectivity index (χ4n) is 1.82. The molecule has 5 nitrogen and oxygen atoms in total. The van der Waals surface area contributed by atoms with E-state index >= 15 is 0 Å². The molecule has 0 aromatic carbocycles. The number of nitrogens with one attached hydrogen (secondary N) is 1. The van der Waals surface area contributed by atoms with Crippen LogP contribution in [0.1, 0.15) is 12.0 Å². The first-order chi connectivity index (χ1) is 8.88. The lowest BCUT2D eigenvalue weighted by Crippen LogP contribution is -2.37. The fourth-order valence-corrected chi connectivity index (χ4v) is 1.82. The minimum atomic E-state index is 0.635. The Morgan fingerprint density at radius 3 is 2.72 bits per heavy atom.